The Kier molecular flexibility index (Phi) is 2.32. The number of anilines is 1. The first-order valence-corrected chi connectivity index (χ1v) is 4.91. The largest absolute Gasteiger partial charge is 0.308 e. The molecule has 0 radical (unpaired) electrons. The van der Waals surface area contributed by atoms with Crippen LogP contribution in [0.15, 0.2) is 30.3 Å². The van der Waals surface area contributed by atoms with Gasteiger partial charge in [0.05, 0.1) is 5.52 Å². The molecule has 0 aliphatic rings. The van der Waals surface area contributed by atoms with Crippen LogP contribution in [0.3, 0.4) is 0 Å². The molecule has 0 aliphatic heterocycles. The number of halogens is 1. The third-order valence-electron chi connectivity index (χ3n) is 1.82. The van der Waals surface area contributed by atoms with E-state index in [4.69, 9.17) is 5.84 Å². The van der Waals surface area contributed by atoms with Gasteiger partial charge in [-0.3, -0.25) is 0 Å². The van der Waals surface area contributed by atoms with Gasteiger partial charge in [0.15, 0.2) is 0 Å². The average Bonchev–Trinajstić information content (AvgIpc) is 2.18. The number of hydrogen-bond acceptors (Lipinski definition) is 3. The Labute approximate surface area is 89.5 Å². The molecule has 3 nitrogen and oxygen atoms in total. The number of rotatable bonds is 1. The number of fused-ring (bicyclic) bond motifs is 1. The Morgan fingerprint density at radius 2 is 2.08 bits per heavy atom. The fourth-order valence-electron chi connectivity index (χ4n) is 1.19. The van der Waals surface area contributed by atoms with Gasteiger partial charge in [-0.25, -0.2) is 10.8 Å². The highest BCUT2D eigenvalue weighted by molar-refractivity contribution is 14.1. The first-order valence-electron chi connectivity index (χ1n) is 3.83. The standard InChI is InChI=1S/C9H8IN3/c10-7-3-1-2-6-4-5-8(13-11)12-9(6)7/h1-5H,11H2,(H,12,13). The second kappa shape index (κ2) is 3.47. The summed E-state index contributed by atoms with van der Waals surface area (Å²) in [7, 11) is 0. The molecule has 1 aromatic heterocycles. The zero-order valence-electron chi connectivity index (χ0n) is 6.79. The molecular weight excluding hydrogens is 277 g/mol. The van der Waals surface area contributed by atoms with E-state index in [1.807, 2.05) is 30.3 Å². The topological polar surface area (TPSA) is 50.9 Å². The van der Waals surface area contributed by atoms with Crippen molar-refractivity contribution in [3.05, 3.63) is 33.9 Å². The van der Waals surface area contributed by atoms with Crippen LogP contribution in [0.5, 0.6) is 0 Å². The van der Waals surface area contributed by atoms with E-state index in [0.29, 0.717) is 5.82 Å². The van der Waals surface area contributed by atoms with E-state index < -0.39 is 0 Å². The fourth-order valence-corrected chi connectivity index (χ4v) is 1.83. The number of hydrazine groups is 1. The van der Waals surface area contributed by atoms with Gasteiger partial charge in [0.1, 0.15) is 5.82 Å². The Bertz CT molecular complexity index is 442. The molecule has 0 bridgehead atoms. The van der Waals surface area contributed by atoms with Crippen molar-refractivity contribution in [2.45, 2.75) is 0 Å². The van der Waals surface area contributed by atoms with Gasteiger partial charge in [0.2, 0.25) is 0 Å². The highest BCUT2D eigenvalue weighted by Gasteiger charge is 1.99. The van der Waals surface area contributed by atoms with Gasteiger partial charge in [0, 0.05) is 8.96 Å². The smallest absolute Gasteiger partial charge is 0.140 e. The number of para-hydroxylation sites is 1. The molecule has 1 heterocycles. The Balaban J connectivity index is 2.74. The molecule has 4 heteroatoms. The maximum Gasteiger partial charge on any atom is 0.140 e. The maximum atomic E-state index is 5.28. The normalized spacial score (nSPS) is 10.3. The van der Waals surface area contributed by atoms with Crippen molar-refractivity contribution in [3.63, 3.8) is 0 Å². The summed E-state index contributed by atoms with van der Waals surface area (Å²) in [4.78, 5) is 4.35. The first kappa shape index (κ1) is 8.71. The summed E-state index contributed by atoms with van der Waals surface area (Å²) in [5, 5.41) is 1.13. The van der Waals surface area contributed by atoms with Crippen LogP contribution in [-0.4, -0.2) is 4.98 Å². The van der Waals surface area contributed by atoms with Crippen LogP contribution in [-0.2, 0) is 0 Å². The number of nitrogens with one attached hydrogen (secondary N) is 1. The molecular formula is C9H8IN3. The van der Waals surface area contributed by atoms with E-state index >= 15 is 0 Å². The molecule has 0 unspecified atom stereocenters. The lowest BCUT2D eigenvalue weighted by atomic mass is 10.2. The van der Waals surface area contributed by atoms with Crippen molar-refractivity contribution < 1.29 is 0 Å². The van der Waals surface area contributed by atoms with Gasteiger partial charge in [-0.15, -0.1) is 0 Å². The molecule has 0 spiro atoms. The SMILES string of the molecule is NNc1ccc2cccc(I)c2n1. The number of nitrogens with zero attached hydrogens (tertiary/aromatic N) is 1. The number of nitrogens with two attached hydrogens (primary N) is 1. The van der Waals surface area contributed by atoms with Crippen molar-refractivity contribution in [1.29, 1.82) is 0 Å². The van der Waals surface area contributed by atoms with E-state index in [1.54, 1.807) is 0 Å². The molecule has 66 valence electrons. The minimum Gasteiger partial charge on any atom is -0.308 e. The summed E-state index contributed by atoms with van der Waals surface area (Å²) in [6.07, 6.45) is 0. The van der Waals surface area contributed by atoms with Crippen molar-refractivity contribution in [3.8, 4) is 0 Å². The van der Waals surface area contributed by atoms with E-state index in [9.17, 15) is 0 Å². The molecule has 1 aromatic carbocycles. The third kappa shape index (κ3) is 1.59. The number of nitrogen functional groups attached to an aromatic ring is 1. The molecule has 3 N–H and O–H groups in total. The second-order valence-electron chi connectivity index (χ2n) is 2.65. The second-order valence-corrected chi connectivity index (χ2v) is 3.81. The van der Waals surface area contributed by atoms with Gasteiger partial charge in [0.25, 0.3) is 0 Å². The van der Waals surface area contributed by atoms with E-state index in [1.165, 1.54) is 0 Å². The Morgan fingerprint density at radius 3 is 2.85 bits per heavy atom. The summed E-state index contributed by atoms with van der Waals surface area (Å²) in [6, 6.07) is 9.93. The summed E-state index contributed by atoms with van der Waals surface area (Å²) in [5.74, 6) is 5.97. The predicted octanol–water partition coefficient (Wildman–Crippen LogP) is 2.12. The van der Waals surface area contributed by atoms with Gasteiger partial charge < -0.3 is 5.43 Å². The van der Waals surface area contributed by atoms with Gasteiger partial charge in [-0.2, -0.15) is 0 Å². The van der Waals surface area contributed by atoms with E-state index in [0.717, 1.165) is 14.5 Å². The van der Waals surface area contributed by atoms with Crippen LogP contribution in [0.1, 0.15) is 0 Å². The van der Waals surface area contributed by atoms with Crippen LogP contribution >= 0.6 is 22.6 Å². The molecule has 0 fully saturated rings. The number of benzene rings is 1. The quantitative estimate of drug-likeness (QED) is 0.479. The monoisotopic (exact) mass is 285 g/mol. The van der Waals surface area contributed by atoms with Crippen molar-refractivity contribution >= 4 is 39.3 Å². The number of pyridine rings is 1. The zero-order valence-corrected chi connectivity index (χ0v) is 8.95. The Morgan fingerprint density at radius 1 is 1.23 bits per heavy atom. The molecule has 13 heavy (non-hydrogen) atoms. The molecule has 0 amide bonds. The fraction of sp³-hybridized carbons (Fsp3) is 0. The predicted molar refractivity (Wildman–Crippen MR) is 62.3 cm³/mol. The molecule has 0 saturated heterocycles. The molecule has 0 atom stereocenters. The highest BCUT2D eigenvalue weighted by atomic mass is 127. The highest BCUT2D eigenvalue weighted by Crippen LogP contribution is 2.19. The van der Waals surface area contributed by atoms with Gasteiger partial charge >= 0.3 is 0 Å². The van der Waals surface area contributed by atoms with E-state index in [2.05, 4.69) is 33.0 Å². The summed E-state index contributed by atoms with van der Waals surface area (Å²) < 4.78 is 1.13. The van der Waals surface area contributed by atoms with Crippen LogP contribution in [0.2, 0.25) is 0 Å². The molecule has 2 aromatic rings. The van der Waals surface area contributed by atoms with Crippen molar-refractivity contribution in [2.75, 3.05) is 5.43 Å². The van der Waals surface area contributed by atoms with Gasteiger partial charge in [-0.1, -0.05) is 12.1 Å². The van der Waals surface area contributed by atoms with E-state index in [-0.39, 0.29) is 0 Å². The maximum absolute atomic E-state index is 5.28. The Hall–Kier alpha value is -0.880. The minimum absolute atomic E-state index is 0.691. The molecule has 0 aliphatic carbocycles. The van der Waals surface area contributed by atoms with Crippen LogP contribution in [0.4, 0.5) is 5.82 Å². The van der Waals surface area contributed by atoms with Crippen molar-refractivity contribution in [1.82, 2.24) is 4.98 Å². The van der Waals surface area contributed by atoms with Crippen LogP contribution in [0.25, 0.3) is 10.9 Å². The summed E-state index contributed by atoms with van der Waals surface area (Å²) >= 11 is 2.26. The molecule has 2 rings (SSSR count). The number of aromatic nitrogens is 1. The molecule has 0 saturated carbocycles. The van der Waals surface area contributed by atoms with Crippen molar-refractivity contribution in [2.24, 2.45) is 5.84 Å². The third-order valence-corrected chi connectivity index (χ3v) is 2.69. The van der Waals surface area contributed by atoms with Gasteiger partial charge in [-0.05, 0) is 40.8 Å². The van der Waals surface area contributed by atoms with Crippen LogP contribution < -0.4 is 11.3 Å². The number of hydrogen-bond donors (Lipinski definition) is 2. The van der Waals surface area contributed by atoms with Crippen LogP contribution in [0, 0.1) is 3.57 Å². The first-order chi connectivity index (χ1) is 6.31. The summed E-state index contributed by atoms with van der Waals surface area (Å²) in [5.41, 5.74) is 3.52. The lowest BCUT2D eigenvalue weighted by Crippen LogP contribution is -2.08. The summed E-state index contributed by atoms with van der Waals surface area (Å²) in [6.45, 7) is 0. The lowest BCUT2D eigenvalue weighted by Gasteiger charge is -2.02. The lowest BCUT2D eigenvalue weighted by molar-refractivity contribution is 1.26. The average molecular weight is 285 g/mol. The zero-order chi connectivity index (χ0) is 9.26. The minimum atomic E-state index is 0.691.